The van der Waals surface area contributed by atoms with Crippen LogP contribution in [0.4, 0.5) is 5.69 Å². The number of nitrogens with zero attached hydrogens (tertiary/aromatic N) is 1. The van der Waals surface area contributed by atoms with E-state index in [0.29, 0.717) is 11.3 Å². The third kappa shape index (κ3) is 4.77. The van der Waals surface area contributed by atoms with Gasteiger partial charge in [0.15, 0.2) is 16.4 Å². The normalized spacial score (nSPS) is 11.8. The highest BCUT2D eigenvalue weighted by molar-refractivity contribution is 7.92. The Labute approximate surface area is 158 Å². The Kier molecular flexibility index (Phi) is 5.81. The average molecular weight is 413 g/mol. The molecule has 146 valence electrons. The number of sulfonamides is 1. The summed E-state index contributed by atoms with van der Waals surface area (Å²) < 4.78 is 54.8. The third-order valence-electron chi connectivity index (χ3n) is 3.78. The maximum atomic E-state index is 12.8. The molecule has 0 aliphatic heterocycles. The molecule has 0 spiro atoms. The van der Waals surface area contributed by atoms with Gasteiger partial charge in [-0.05, 0) is 55.0 Å². The minimum Gasteiger partial charge on any atom is -0.482 e. The molecular formula is C17H19NO7S2. The molecule has 10 heteroatoms. The predicted molar refractivity (Wildman–Crippen MR) is 99.5 cm³/mol. The van der Waals surface area contributed by atoms with Gasteiger partial charge in [0.1, 0.15) is 5.75 Å². The molecule has 2 aromatic rings. The molecule has 1 N–H and O–H groups in total. The van der Waals surface area contributed by atoms with Crippen LogP contribution in [0.2, 0.25) is 0 Å². The Morgan fingerprint density at radius 3 is 2.07 bits per heavy atom. The van der Waals surface area contributed by atoms with Gasteiger partial charge in [-0.2, -0.15) is 0 Å². The molecular weight excluding hydrogens is 394 g/mol. The molecule has 2 aromatic carbocycles. The van der Waals surface area contributed by atoms with Gasteiger partial charge in [0.05, 0.1) is 15.5 Å². The Balaban J connectivity index is 2.31. The highest BCUT2D eigenvalue weighted by Crippen LogP contribution is 2.27. The summed E-state index contributed by atoms with van der Waals surface area (Å²) in [6.45, 7) is 1.08. The fraction of sp³-hybridized carbons (Fsp3) is 0.235. The monoisotopic (exact) mass is 413 g/mol. The summed E-state index contributed by atoms with van der Waals surface area (Å²) in [5.74, 6) is -0.861. The first-order valence-electron chi connectivity index (χ1n) is 7.67. The largest absolute Gasteiger partial charge is 0.482 e. The van der Waals surface area contributed by atoms with Crippen LogP contribution >= 0.6 is 0 Å². The first kappa shape index (κ1) is 20.7. The summed E-state index contributed by atoms with van der Waals surface area (Å²) in [5.41, 5.74) is 0.768. The standard InChI is InChI=1S/C17H19NO7S2/c1-12-10-15(8-9-16(12)25-11-17(19)20)27(23,24)18(2)13-4-6-14(7-5-13)26(3,21)22/h4-10H,11H2,1-3H3,(H,19,20). The molecule has 0 amide bonds. The van der Waals surface area contributed by atoms with E-state index in [2.05, 4.69) is 0 Å². The quantitative estimate of drug-likeness (QED) is 0.734. The van der Waals surface area contributed by atoms with E-state index in [1.165, 1.54) is 49.5 Å². The minimum absolute atomic E-state index is 0.00244. The maximum absolute atomic E-state index is 12.8. The van der Waals surface area contributed by atoms with Crippen molar-refractivity contribution in [2.75, 3.05) is 24.2 Å². The predicted octanol–water partition coefficient (Wildman–Crippen LogP) is 1.69. The molecule has 0 aliphatic carbocycles. The van der Waals surface area contributed by atoms with Crippen molar-refractivity contribution in [3.8, 4) is 5.75 Å². The van der Waals surface area contributed by atoms with Gasteiger partial charge in [0.25, 0.3) is 10.0 Å². The van der Waals surface area contributed by atoms with Crippen molar-refractivity contribution in [1.82, 2.24) is 0 Å². The maximum Gasteiger partial charge on any atom is 0.341 e. The van der Waals surface area contributed by atoms with Gasteiger partial charge in [0, 0.05) is 13.3 Å². The summed E-state index contributed by atoms with van der Waals surface area (Å²) in [6, 6.07) is 9.59. The van der Waals surface area contributed by atoms with Crippen LogP contribution in [0.15, 0.2) is 52.3 Å². The Hall–Kier alpha value is -2.59. The SMILES string of the molecule is Cc1cc(S(=O)(=O)N(C)c2ccc(S(C)(=O)=O)cc2)ccc1OCC(=O)O. The van der Waals surface area contributed by atoms with Crippen LogP contribution in [0.1, 0.15) is 5.56 Å². The number of benzene rings is 2. The fourth-order valence-electron chi connectivity index (χ4n) is 2.28. The van der Waals surface area contributed by atoms with Crippen LogP contribution in [0, 0.1) is 6.92 Å². The van der Waals surface area contributed by atoms with Crippen molar-refractivity contribution in [3.63, 3.8) is 0 Å². The molecule has 0 bridgehead atoms. The van der Waals surface area contributed by atoms with Gasteiger partial charge in [-0.3, -0.25) is 4.31 Å². The molecule has 0 unspecified atom stereocenters. The lowest BCUT2D eigenvalue weighted by atomic mass is 10.2. The van der Waals surface area contributed by atoms with Crippen LogP contribution in [-0.2, 0) is 24.7 Å². The number of aryl methyl sites for hydroxylation is 1. The molecule has 0 aromatic heterocycles. The number of hydrogen-bond donors (Lipinski definition) is 1. The van der Waals surface area contributed by atoms with Gasteiger partial charge >= 0.3 is 5.97 Å². The Morgan fingerprint density at radius 1 is 1.04 bits per heavy atom. The van der Waals surface area contributed by atoms with E-state index < -0.39 is 32.4 Å². The van der Waals surface area contributed by atoms with Crippen molar-refractivity contribution in [2.45, 2.75) is 16.7 Å². The fourth-order valence-corrected chi connectivity index (χ4v) is 4.20. The van der Waals surface area contributed by atoms with Crippen LogP contribution in [-0.4, -0.2) is 47.8 Å². The first-order chi connectivity index (χ1) is 12.4. The number of aliphatic carboxylic acids is 1. The van der Waals surface area contributed by atoms with Gasteiger partial charge in [-0.25, -0.2) is 21.6 Å². The van der Waals surface area contributed by atoms with Gasteiger partial charge in [-0.1, -0.05) is 0 Å². The van der Waals surface area contributed by atoms with E-state index in [9.17, 15) is 21.6 Å². The van der Waals surface area contributed by atoms with Gasteiger partial charge in [-0.15, -0.1) is 0 Å². The number of rotatable bonds is 7. The molecule has 8 nitrogen and oxygen atoms in total. The zero-order valence-corrected chi connectivity index (χ0v) is 16.5. The van der Waals surface area contributed by atoms with Crippen LogP contribution in [0.5, 0.6) is 5.75 Å². The number of ether oxygens (including phenoxy) is 1. The van der Waals surface area contributed by atoms with Crippen LogP contribution < -0.4 is 9.04 Å². The van der Waals surface area contributed by atoms with E-state index in [1.807, 2.05) is 0 Å². The summed E-state index contributed by atoms with van der Waals surface area (Å²) >= 11 is 0. The first-order valence-corrected chi connectivity index (χ1v) is 11.0. The molecule has 27 heavy (non-hydrogen) atoms. The number of carboxylic acids is 1. The number of sulfone groups is 1. The highest BCUT2D eigenvalue weighted by Gasteiger charge is 2.22. The summed E-state index contributed by atoms with van der Waals surface area (Å²) in [7, 11) is -5.92. The molecule has 0 aliphatic rings. The zero-order valence-electron chi connectivity index (χ0n) is 14.9. The topological polar surface area (TPSA) is 118 Å². The molecule has 0 saturated carbocycles. The minimum atomic E-state index is -3.90. The van der Waals surface area contributed by atoms with Crippen molar-refractivity contribution in [1.29, 1.82) is 0 Å². The molecule has 2 rings (SSSR count). The van der Waals surface area contributed by atoms with E-state index in [1.54, 1.807) is 6.92 Å². The lowest BCUT2D eigenvalue weighted by Crippen LogP contribution is -2.26. The van der Waals surface area contributed by atoms with E-state index in [-0.39, 0.29) is 15.5 Å². The van der Waals surface area contributed by atoms with Crippen molar-refractivity contribution in [3.05, 3.63) is 48.0 Å². The van der Waals surface area contributed by atoms with Crippen molar-refractivity contribution < 1.29 is 31.5 Å². The van der Waals surface area contributed by atoms with E-state index in [4.69, 9.17) is 9.84 Å². The second-order valence-electron chi connectivity index (χ2n) is 5.85. The smallest absolute Gasteiger partial charge is 0.341 e. The number of hydrogen-bond acceptors (Lipinski definition) is 6. The third-order valence-corrected chi connectivity index (χ3v) is 6.69. The molecule has 0 heterocycles. The molecule has 0 atom stereocenters. The van der Waals surface area contributed by atoms with Crippen LogP contribution in [0.3, 0.4) is 0 Å². The summed E-state index contributed by atoms with van der Waals surface area (Å²) in [4.78, 5) is 10.7. The lowest BCUT2D eigenvalue weighted by molar-refractivity contribution is -0.139. The van der Waals surface area contributed by atoms with Gasteiger partial charge < -0.3 is 9.84 Å². The number of carboxylic acid groups (broad SMARTS) is 1. The summed E-state index contributed by atoms with van der Waals surface area (Å²) in [6.07, 6.45) is 1.07. The highest BCUT2D eigenvalue weighted by atomic mass is 32.2. The lowest BCUT2D eigenvalue weighted by Gasteiger charge is -2.20. The Bertz CT molecular complexity index is 1060. The van der Waals surface area contributed by atoms with Crippen molar-refractivity contribution >= 4 is 31.5 Å². The summed E-state index contributed by atoms with van der Waals surface area (Å²) in [5, 5.41) is 8.65. The molecule has 0 fully saturated rings. The number of anilines is 1. The zero-order chi connectivity index (χ0) is 20.4. The molecule has 0 saturated heterocycles. The second-order valence-corrected chi connectivity index (χ2v) is 9.83. The van der Waals surface area contributed by atoms with Crippen LogP contribution in [0.25, 0.3) is 0 Å². The number of carbonyl (C=O) groups is 1. The van der Waals surface area contributed by atoms with Gasteiger partial charge in [0.2, 0.25) is 0 Å². The van der Waals surface area contributed by atoms with E-state index >= 15 is 0 Å². The van der Waals surface area contributed by atoms with E-state index in [0.717, 1.165) is 10.6 Å². The average Bonchev–Trinajstić information content (AvgIpc) is 2.59. The molecule has 0 radical (unpaired) electrons. The Morgan fingerprint density at radius 2 is 1.59 bits per heavy atom. The van der Waals surface area contributed by atoms with Crippen molar-refractivity contribution in [2.24, 2.45) is 0 Å². The second kappa shape index (κ2) is 7.57.